The van der Waals surface area contributed by atoms with Crippen LogP contribution < -0.4 is 10.6 Å². The molecule has 2 N–H and O–H groups in total. The summed E-state index contributed by atoms with van der Waals surface area (Å²) in [7, 11) is 0. The molecule has 272 valence electrons. The number of nitrogens with zero attached hydrogens (tertiary/aromatic N) is 6. The van der Waals surface area contributed by atoms with Crippen LogP contribution in [0.2, 0.25) is 0 Å². The zero-order valence-corrected chi connectivity index (χ0v) is 28.6. The number of nitrogens with one attached hydrogen (secondary N) is 2. The number of halogens is 4. The molecule has 0 unspecified atom stereocenters. The van der Waals surface area contributed by atoms with Gasteiger partial charge >= 0.3 is 0 Å². The summed E-state index contributed by atoms with van der Waals surface area (Å²) in [6.45, 7) is 0. The molecule has 4 heterocycles. The van der Waals surface area contributed by atoms with Gasteiger partial charge in [0.1, 0.15) is 23.2 Å². The lowest BCUT2D eigenvalue weighted by atomic mass is 9.78. The predicted octanol–water partition coefficient (Wildman–Crippen LogP) is 6.63. The van der Waals surface area contributed by atoms with Crippen LogP contribution >= 0.6 is 0 Å². The van der Waals surface area contributed by atoms with Crippen molar-refractivity contribution in [2.45, 2.75) is 113 Å². The number of Topliss-reactive ketones (excluding diaryl/α,β-unsaturated/α-hetero) is 2. The lowest BCUT2D eigenvalue weighted by molar-refractivity contribution is -0.118. The molecule has 0 aliphatic heterocycles. The highest BCUT2D eigenvalue weighted by atomic mass is 19.3. The Bertz CT molecular complexity index is 1740. The fourth-order valence-corrected chi connectivity index (χ4v) is 7.29. The molecule has 4 aromatic heterocycles. The Labute approximate surface area is 298 Å². The first-order chi connectivity index (χ1) is 24.9. The zero-order chi connectivity index (χ0) is 36.3. The number of rotatable bonds is 14. The number of carbonyl (C=O) groups excluding carboxylic acids is 2. The second-order valence-corrected chi connectivity index (χ2v) is 14.5. The molecule has 7 rings (SSSR count). The zero-order valence-electron chi connectivity index (χ0n) is 28.6. The lowest BCUT2D eigenvalue weighted by Gasteiger charge is -2.35. The number of ketones is 2. The minimum Gasteiger partial charge on any atom is -0.367 e. The maximum Gasteiger partial charge on any atom is 0.252 e. The van der Waals surface area contributed by atoms with E-state index >= 15 is 0 Å². The van der Waals surface area contributed by atoms with Crippen molar-refractivity contribution in [1.82, 2.24) is 30.4 Å². The summed E-state index contributed by atoms with van der Waals surface area (Å²) in [5, 5.41) is 23.7. The third-order valence-corrected chi connectivity index (χ3v) is 10.0. The Morgan fingerprint density at radius 2 is 1.00 bits per heavy atom. The van der Waals surface area contributed by atoms with E-state index in [-0.39, 0.29) is 86.9 Å². The van der Waals surface area contributed by atoms with Gasteiger partial charge in [-0.2, -0.15) is 20.4 Å². The number of alkyl halides is 4. The van der Waals surface area contributed by atoms with Crippen molar-refractivity contribution in [2.24, 2.45) is 0 Å². The largest absolute Gasteiger partial charge is 0.367 e. The fraction of sp³-hybridized carbons (Fsp3) is 0.474. The van der Waals surface area contributed by atoms with Gasteiger partial charge in [0.05, 0.1) is 47.0 Å². The number of aromatic nitrogens is 6. The molecule has 3 fully saturated rings. The summed E-state index contributed by atoms with van der Waals surface area (Å²) in [5.74, 6) is -4.02. The minimum atomic E-state index is -2.62. The summed E-state index contributed by atoms with van der Waals surface area (Å²) in [6, 6.07) is 17.4. The van der Waals surface area contributed by atoms with Crippen molar-refractivity contribution in [3.05, 3.63) is 94.8 Å². The van der Waals surface area contributed by atoms with Crippen LogP contribution in [-0.2, 0) is 35.3 Å². The summed E-state index contributed by atoms with van der Waals surface area (Å²) < 4.78 is 52.7. The molecule has 4 aromatic rings. The first-order valence-corrected chi connectivity index (χ1v) is 17.8. The van der Waals surface area contributed by atoms with E-state index in [0.29, 0.717) is 34.4 Å². The van der Waals surface area contributed by atoms with Crippen molar-refractivity contribution < 1.29 is 27.2 Å². The number of carbonyl (C=O) groups is 2. The van der Waals surface area contributed by atoms with Gasteiger partial charge in [-0.3, -0.25) is 9.59 Å². The Balaban J connectivity index is 0.868. The molecular formula is C38H40F4N8O2. The number of hydrogen-bond donors (Lipinski definition) is 2. The van der Waals surface area contributed by atoms with Crippen molar-refractivity contribution in [3.8, 4) is 0 Å². The molecule has 10 nitrogen and oxygen atoms in total. The Morgan fingerprint density at radius 3 is 1.38 bits per heavy atom. The molecule has 0 spiro atoms. The molecular weight excluding hydrogens is 676 g/mol. The first kappa shape index (κ1) is 35.5. The summed E-state index contributed by atoms with van der Waals surface area (Å²) >= 11 is 0. The topological polar surface area (TPSA) is 136 Å². The van der Waals surface area contributed by atoms with E-state index in [1.807, 2.05) is 24.3 Å². The molecule has 0 saturated heterocycles. The highest BCUT2D eigenvalue weighted by Crippen LogP contribution is 2.41. The average molecular weight is 717 g/mol. The van der Waals surface area contributed by atoms with Gasteiger partial charge in [-0.25, -0.2) is 27.5 Å². The molecule has 0 amide bonds. The van der Waals surface area contributed by atoms with Crippen LogP contribution in [-0.4, -0.2) is 65.9 Å². The SMILES string of the molecule is O=C(Cc1ccc([C@H]2CCC[C@H](c3ccc(CC(=O)Cc4cccc(NC5CC(F)(F)C5)n4)nn3)C2)nn1)Cc1cccc(NC2CC(F)(F)C2)n1. The first-order valence-electron chi connectivity index (χ1n) is 17.8. The highest BCUT2D eigenvalue weighted by molar-refractivity contribution is 5.83. The highest BCUT2D eigenvalue weighted by Gasteiger charge is 2.46. The van der Waals surface area contributed by atoms with Gasteiger partial charge in [-0.1, -0.05) is 18.6 Å². The number of pyridine rings is 2. The van der Waals surface area contributed by atoms with E-state index in [4.69, 9.17) is 0 Å². The number of hydrogen-bond acceptors (Lipinski definition) is 10. The fourth-order valence-electron chi connectivity index (χ4n) is 7.29. The molecule has 2 atom stereocenters. The van der Waals surface area contributed by atoms with Crippen LogP contribution in [0.3, 0.4) is 0 Å². The van der Waals surface area contributed by atoms with E-state index in [9.17, 15) is 27.2 Å². The molecule has 52 heavy (non-hydrogen) atoms. The van der Waals surface area contributed by atoms with Gasteiger partial charge in [0, 0.05) is 62.4 Å². The molecule has 0 radical (unpaired) electrons. The maximum atomic E-state index is 13.2. The van der Waals surface area contributed by atoms with E-state index in [0.717, 1.165) is 37.1 Å². The quantitative estimate of drug-likeness (QED) is 0.137. The van der Waals surface area contributed by atoms with E-state index in [1.165, 1.54) is 0 Å². The summed E-state index contributed by atoms with van der Waals surface area (Å²) in [5.41, 5.74) is 4.02. The van der Waals surface area contributed by atoms with Crippen LogP contribution in [0.25, 0.3) is 0 Å². The van der Waals surface area contributed by atoms with E-state index in [2.05, 4.69) is 41.0 Å². The van der Waals surface area contributed by atoms with Crippen LogP contribution in [0, 0.1) is 0 Å². The van der Waals surface area contributed by atoms with Crippen LogP contribution in [0.4, 0.5) is 29.2 Å². The average Bonchev–Trinajstić information content (AvgIpc) is 3.08. The van der Waals surface area contributed by atoms with Gasteiger partial charge in [-0.05, 0) is 67.8 Å². The third-order valence-electron chi connectivity index (χ3n) is 10.0. The Hall–Kier alpha value is -4.88. The van der Waals surface area contributed by atoms with Crippen LogP contribution in [0.15, 0.2) is 60.7 Å². The van der Waals surface area contributed by atoms with Gasteiger partial charge < -0.3 is 10.6 Å². The normalized spacial score (nSPS) is 21.1. The van der Waals surface area contributed by atoms with Gasteiger partial charge in [0.2, 0.25) is 0 Å². The van der Waals surface area contributed by atoms with Gasteiger partial charge in [0.15, 0.2) is 0 Å². The number of anilines is 2. The van der Waals surface area contributed by atoms with Gasteiger partial charge in [-0.15, -0.1) is 0 Å². The molecule has 3 aliphatic rings. The van der Waals surface area contributed by atoms with Crippen molar-refractivity contribution in [3.63, 3.8) is 0 Å². The molecule has 0 bridgehead atoms. The smallest absolute Gasteiger partial charge is 0.252 e. The van der Waals surface area contributed by atoms with E-state index in [1.54, 1.807) is 36.4 Å². The standard InChI is InChI=1S/C38H40F4N8O2/c39-37(40)19-29(20-37)45-35-8-2-6-25(43-35)15-31(51)17-27-10-12-33(49-47-27)23-4-1-5-24(14-23)34-13-11-28(48-50-34)18-32(52)16-26-7-3-9-36(44-26)46-30-21-38(41,42)22-30/h2-3,6-13,23-24,29-30H,1,4-5,14-22H2,(H,43,45)(H,44,46)/t23-,24-/m0/s1. The third kappa shape index (κ3) is 9.31. The maximum absolute atomic E-state index is 13.2. The van der Waals surface area contributed by atoms with Crippen molar-refractivity contribution >= 4 is 23.2 Å². The van der Waals surface area contributed by atoms with E-state index < -0.39 is 11.8 Å². The van der Waals surface area contributed by atoms with Crippen molar-refractivity contribution in [1.29, 1.82) is 0 Å². The van der Waals surface area contributed by atoms with Crippen molar-refractivity contribution in [2.75, 3.05) is 10.6 Å². The predicted molar refractivity (Wildman–Crippen MR) is 185 cm³/mol. The second-order valence-electron chi connectivity index (χ2n) is 14.5. The second kappa shape index (κ2) is 15.0. The van der Waals surface area contributed by atoms with Crippen LogP contribution in [0.1, 0.15) is 97.4 Å². The lowest BCUT2D eigenvalue weighted by Crippen LogP contribution is -2.44. The minimum absolute atomic E-state index is 0.0672. The Morgan fingerprint density at radius 1 is 0.577 bits per heavy atom. The Kier molecular flexibility index (Phi) is 10.2. The van der Waals surface area contributed by atoms with Gasteiger partial charge in [0.25, 0.3) is 11.8 Å². The molecule has 3 saturated carbocycles. The molecule has 3 aliphatic carbocycles. The summed E-state index contributed by atoms with van der Waals surface area (Å²) in [4.78, 5) is 34.5. The molecule has 14 heteroatoms. The summed E-state index contributed by atoms with van der Waals surface area (Å²) in [6.07, 6.45) is 3.34. The van der Waals surface area contributed by atoms with Crippen LogP contribution in [0.5, 0.6) is 0 Å². The molecule has 0 aromatic carbocycles. The monoisotopic (exact) mass is 716 g/mol.